The second kappa shape index (κ2) is 50.4. The highest BCUT2D eigenvalue weighted by molar-refractivity contribution is 7.61. The van der Waals surface area contributed by atoms with Crippen molar-refractivity contribution >= 4 is 37.3 Å². The molecular weight excluding hydrogens is 1950 g/mol. The second-order valence-electron chi connectivity index (χ2n) is 31.7. The predicted molar refractivity (Wildman–Crippen MR) is 408 cm³/mol. The zero-order valence-electron chi connectivity index (χ0n) is 70.0. The Morgan fingerprint density at radius 2 is 0.652 bits per heavy atom. The molecule has 0 aromatic carbocycles. The van der Waals surface area contributed by atoms with Crippen molar-refractivity contribution in [3.05, 3.63) is 0 Å². The fourth-order valence-electron chi connectivity index (χ4n) is 15.5. The molecule has 9 fully saturated rings. The van der Waals surface area contributed by atoms with E-state index in [2.05, 4.69) is 8.83 Å². The second-order valence-corrected chi connectivity index (χ2v) is 37.5. The van der Waals surface area contributed by atoms with Crippen LogP contribution >= 0.6 is 31.3 Å². The number of carbonyl (C=O) groups is 1. The lowest BCUT2D eigenvalue weighted by Gasteiger charge is -2.54. The molecule has 0 aliphatic carbocycles. The Balaban J connectivity index is 1.28. The van der Waals surface area contributed by atoms with Crippen LogP contribution in [0, 0.1) is 0 Å². The lowest BCUT2D eigenvalue weighted by atomic mass is 9.91. The number of phosphoric acid groups is 4. The monoisotopic (exact) mass is 2070 g/mol. The highest BCUT2D eigenvalue weighted by Gasteiger charge is 2.66. The smallest absolute Gasteiger partial charge is 0.477 e. The number of nitrogens with two attached hydrogens (primary N) is 3. The van der Waals surface area contributed by atoms with Gasteiger partial charge in [0.2, 0.25) is 0 Å². The molecule has 0 aromatic rings. The normalized spacial score (nSPS) is 45.7. The average Bonchev–Trinajstić information content (AvgIpc) is 0.744. The van der Waals surface area contributed by atoms with Gasteiger partial charge >= 0.3 is 37.3 Å². The van der Waals surface area contributed by atoms with Crippen LogP contribution in [0.4, 0.5) is 0 Å². The van der Waals surface area contributed by atoms with Gasteiger partial charge in [0, 0.05) is 26.1 Å². The Hall–Kier alpha value is -2.01. The van der Waals surface area contributed by atoms with Crippen molar-refractivity contribution in [1.29, 1.82) is 0 Å². The standard InChI is InChI=1S/C65H119N3O63P4/c66-1-4-108-132(100,101)129-26(16-77)48-41(95)50(122-60-39(93)34(88)47(25(15-76)115-60)119-59-38(92)33(87)46(24(14-75)114-59)118-56-35(89)30(84)27(81)21(11-72)111-56)54(126-63-55(125-58-37(91)32(86)29(83)23(13-74)113-58)52(130-133(102,103)109-5-2-67)40(94)43(116-63)17(78)8-69)62(120-48)123-51-42(96)61(117-44(18(79)9-70)53(51)124-57-36(90)31(85)28(82)22(12-73)112-57)121-49-20(128-135(106,107)131-134(104,105)110-6-3-68)7-65(99,64(97)98)127-45(49)19(80)10-71/h17-63,69-96,99H,1-16,66-68H2,(H,97,98)(H,100,101)(H,102,103)(H,104,105)(H,106,107)/t17-,18-,19+,20+,21+,22+,23+,24+,25+,26-,27-,28+,29+,30-,31-,32-,33+,34+,35+,36+,37+,38+,39+,40+,41+,42-,43+,44+,45+,46+,47+,48+,49+,50-,51+,52-,53+,54-,55-,56-,57-,58-,59-,60+,61+,62+,63+,65+/m0/s1. The van der Waals surface area contributed by atoms with Gasteiger partial charge in [-0.3, -0.25) is 27.1 Å². The maximum Gasteiger partial charge on any atom is 0.481 e. The van der Waals surface area contributed by atoms with Crippen molar-refractivity contribution in [1.82, 2.24) is 0 Å². The number of carboxylic acids is 1. The largest absolute Gasteiger partial charge is 0.481 e. The number of hydrogen-bond donors (Lipinski definition) is 37. The van der Waals surface area contributed by atoms with Gasteiger partial charge in [0.25, 0.3) is 5.79 Å². The lowest BCUT2D eigenvalue weighted by Crippen LogP contribution is -2.72. The van der Waals surface area contributed by atoms with E-state index < -0.39 is 437 Å². The third-order valence-electron chi connectivity index (χ3n) is 22.4. The topological polar surface area (TPSA) is 1070 Å². The molecule has 0 saturated carbocycles. The van der Waals surface area contributed by atoms with E-state index in [9.17, 15) is 196 Å². The number of rotatable bonds is 47. The number of aliphatic hydroxyl groups excluding tert-OH is 28. The summed E-state index contributed by atoms with van der Waals surface area (Å²) >= 11 is 0. The Bertz CT molecular complexity index is 3800. The summed E-state index contributed by atoms with van der Waals surface area (Å²) in [6.45, 7) is -17.9. The van der Waals surface area contributed by atoms with Gasteiger partial charge in [0.15, 0.2) is 50.3 Å². The molecule has 0 radical (unpaired) electrons. The maximum atomic E-state index is 14.1. The fraction of sp³-hybridized carbons (Fsp3) is 0.985. The van der Waals surface area contributed by atoms with Crippen molar-refractivity contribution in [3.8, 4) is 0 Å². The third kappa shape index (κ3) is 27.7. The molecule has 52 atom stereocenters. The van der Waals surface area contributed by atoms with Crippen LogP contribution in [0.2, 0.25) is 0 Å². The van der Waals surface area contributed by atoms with Gasteiger partial charge in [-0.15, -0.1) is 0 Å². The van der Waals surface area contributed by atoms with Crippen molar-refractivity contribution in [2.24, 2.45) is 17.2 Å². The minimum absolute atomic E-state index is 0.596. The minimum Gasteiger partial charge on any atom is -0.477 e. The molecule has 70 heteroatoms. The summed E-state index contributed by atoms with van der Waals surface area (Å²) in [5, 5.41) is 339. The molecule has 0 aromatic heterocycles. The zero-order valence-corrected chi connectivity index (χ0v) is 73.6. The van der Waals surface area contributed by atoms with Gasteiger partial charge in [0.05, 0.1) is 79.3 Å². The molecule has 9 saturated heterocycles. The molecule has 0 bridgehead atoms. The number of ether oxygens (including phenoxy) is 17. The molecule has 66 nitrogen and oxygen atoms in total. The van der Waals surface area contributed by atoms with Crippen molar-refractivity contribution < 1.29 is 308 Å². The third-order valence-corrected chi connectivity index (χ3v) is 27.1. The number of phosphoric ester groups is 4. The molecule has 9 heterocycles. The zero-order chi connectivity index (χ0) is 100. The molecule has 135 heavy (non-hydrogen) atoms. The van der Waals surface area contributed by atoms with Crippen LogP contribution in [0.3, 0.4) is 0 Å². The Morgan fingerprint density at radius 1 is 0.326 bits per heavy atom. The molecule has 9 aliphatic heterocycles. The average molecular weight is 2070 g/mol. The first-order chi connectivity index (χ1) is 63.4. The van der Waals surface area contributed by atoms with E-state index in [0.717, 1.165) is 0 Å². The highest BCUT2D eigenvalue weighted by Crippen LogP contribution is 2.62. The van der Waals surface area contributed by atoms with Crippen LogP contribution in [0.25, 0.3) is 0 Å². The van der Waals surface area contributed by atoms with Gasteiger partial charge in [-0.2, -0.15) is 4.31 Å². The van der Waals surface area contributed by atoms with E-state index in [1.165, 1.54) is 0 Å². The predicted octanol–water partition coefficient (Wildman–Crippen LogP) is -22.3. The molecule has 40 N–H and O–H groups in total. The van der Waals surface area contributed by atoms with E-state index in [1.807, 2.05) is 0 Å². The van der Waals surface area contributed by atoms with Crippen molar-refractivity contribution in [2.75, 3.05) is 98.9 Å². The van der Waals surface area contributed by atoms with E-state index in [4.69, 9.17) is 120 Å². The van der Waals surface area contributed by atoms with Crippen LogP contribution < -0.4 is 17.2 Å². The van der Waals surface area contributed by atoms with Crippen LogP contribution in [0.15, 0.2) is 0 Å². The Kier molecular flexibility index (Phi) is 43.5. The first kappa shape index (κ1) is 117. The van der Waals surface area contributed by atoms with Gasteiger partial charge in [-0.05, 0) is 0 Å². The van der Waals surface area contributed by atoms with Crippen molar-refractivity contribution in [3.63, 3.8) is 0 Å². The SMILES string of the molecule is NCCOP(=O)(O)O[C@H]1[C@H](O)[C@@H]([C@@H](O)CO)O[C@H](O[C@@H]2[C@@H](O[C@@H]3[C@H](O)[C@@H](O[C@H]4[C@@H]([C@H](O)CO)O[C@@](O)(C(=O)O)C[C@H]4OP(=O)(O)OP(=O)(O)OCCN)O[C@H]([C@@H](O)CO)[C@H]3O[C@@H]3O[C@H](CO)[C@@H](O)[C@H](O)[C@H]3O)O[C@H]([C@H](CO)OP(=O)(O)OCCN)[C@@H](O)[C@@H]2O[C@H]2O[C@H](CO)[C@@H](O[C@@H]3O[C@H](CO)[C@@H](O[C@@H]4O[C@H](CO)[C@H](O)[C@H](O)[C@H]4O)[C@H](O)[C@H]3O)[C@H](O)[C@H]2O)[C@H]1O[C@@H]1O[C@H](CO)[C@@H](O)[C@H](O)[C@H]1O. The Morgan fingerprint density at radius 3 is 1.07 bits per heavy atom. The van der Waals surface area contributed by atoms with E-state index >= 15 is 0 Å². The number of aliphatic hydroxyl groups is 29. The summed E-state index contributed by atoms with van der Waals surface area (Å²) in [7, 11) is -24.2. The molecule has 9 rings (SSSR count). The summed E-state index contributed by atoms with van der Waals surface area (Å²) in [6, 6.07) is 0. The van der Waals surface area contributed by atoms with Gasteiger partial charge in [0.1, 0.15) is 238 Å². The summed E-state index contributed by atoms with van der Waals surface area (Å²) in [6.07, 6.45) is -127. The quantitative estimate of drug-likeness (QED) is 0.0252. The number of aliphatic carboxylic acids is 1. The number of carboxylic acid groups (broad SMARTS) is 1. The minimum atomic E-state index is -6.48. The molecule has 0 spiro atoms. The first-order valence-corrected chi connectivity index (χ1v) is 47.0. The highest BCUT2D eigenvalue weighted by atomic mass is 31.3. The summed E-state index contributed by atoms with van der Waals surface area (Å²) < 4.78 is 190. The van der Waals surface area contributed by atoms with E-state index in [1.54, 1.807) is 0 Å². The number of hydrogen-bond acceptors (Lipinski definition) is 61. The van der Waals surface area contributed by atoms with Crippen LogP contribution in [-0.2, 0) is 135 Å². The van der Waals surface area contributed by atoms with E-state index in [0.29, 0.717) is 0 Å². The lowest BCUT2D eigenvalue weighted by molar-refractivity contribution is -0.428. The fourth-order valence-corrected chi connectivity index (χ4v) is 19.6. The summed E-state index contributed by atoms with van der Waals surface area (Å²) in [4.78, 5) is 57.1. The molecule has 0 amide bonds. The van der Waals surface area contributed by atoms with E-state index in [-0.39, 0.29) is 0 Å². The summed E-state index contributed by atoms with van der Waals surface area (Å²) in [5.41, 5.74) is 16.4. The van der Waals surface area contributed by atoms with Gasteiger partial charge in [-0.1, -0.05) is 0 Å². The Labute approximate surface area is 759 Å². The van der Waals surface area contributed by atoms with Crippen LogP contribution in [0.5, 0.6) is 0 Å². The molecular formula is C65H119N3O63P4. The molecule has 792 valence electrons. The maximum absolute atomic E-state index is 14.1. The van der Waals surface area contributed by atoms with Crippen LogP contribution in [0.1, 0.15) is 6.42 Å². The van der Waals surface area contributed by atoms with Gasteiger partial charge < -0.3 is 270 Å². The first-order valence-electron chi connectivity index (χ1n) is 41.0. The van der Waals surface area contributed by atoms with Crippen LogP contribution in [-0.4, -0.2) is 572 Å². The molecule has 9 aliphatic rings. The summed E-state index contributed by atoms with van der Waals surface area (Å²) in [5.74, 6) is -6.34. The van der Waals surface area contributed by atoms with Crippen molar-refractivity contribution in [2.45, 2.75) is 301 Å². The van der Waals surface area contributed by atoms with Gasteiger partial charge in [-0.25, -0.2) is 23.1 Å². The molecule has 4 unspecified atom stereocenters.